The van der Waals surface area contributed by atoms with E-state index in [1.807, 2.05) is 6.92 Å². The number of hydrogen-bond donors (Lipinski definition) is 3. The zero-order valence-electron chi connectivity index (χ0n) is 6.13. The number of hydrogen-bond acceptors (Lipinski definition) is 3. The highest BCUT2D eigenvalue weighted by Gasteiger charge is 2.06. The van der Waals surface area contributed by atoms with Crippen molar-refractivity contribution in [2.75, 3.05) is 0 Å². The summed E-state index contributed by atoms with van der Waals surface area (Å²) in [6.45, 7) is 1.88. The maximum atomic E-state index is 5.61. The number of aromatic nitrogens is 4. The lowest BCUT2D eigenvalue weighted by Crippen LogP contribution is -2.06. The Bertz CT molecular complexity index is 329. The predicted octanol–water partition coefficient (Wildman–Crippen LogP) is 0.306. The van der Waals surface area contributed by atoms with E-state index in [4.69, 9.17) is 5.73 Å². The molecule has 0 unspecified atom stereocenters. The van der Waals surface area contributed by atoms with Crippen molar-refractivity contribution in [3.8, 4) is 0 Å². The van der Waals surface area contributed by atoms with Crippen molar-refractivity contribution >= 4 is 11.2 Å². The first-order valence-electron chi connectivity index (χ1n) is 3.42. The highest BCUT2D eigenvalue weighted by molar-refractivity contribution is 5.69. The van der Waals surface area contributed by atoms with Crippen molar-refractivity contribution in [1.29, 1.82) is 0 Å². The van der Waals surface area contributed by atoms with E-state index in [9.17, 15) is 0 Å². The van der Waals surface area contributed by atoms with Crippen LogP contribution in [0.2, 0.25) is 0 Å². The van der Waals surface area contributed by atoms with Gasteiger partial charge < -0.3 is 10.7 Å². The fourth-order valence-corrected chi connectivity index (χ4v) is 0.958. The summed E-state index contributed by atoms with van der Waals surface area (Å²) in [4.78, 5) is 7.22. The van der Waals surface area contributed by atoms with Gasteiger partial charge in [-0.2, -0.15) is 5.10 Å². The Morgan fingerprint density at radius 2 is 2.45 bits per heavy atom. The monoisotopic (exact) mass is 151 g/mol. The van der Waals surface area contributed by atoms with Crippen LogP contribution in [0.15, 0.2) is 6.20 Å². The van der Waals surface area contributed by atoms with Gasteiger partial charge in [-0.1, -0.05) is 0 Å². The minimum absolute atomic E-state index is 0.0594. The molecule has 5 heteroatoms. The Morgan fingerprint density at radius 3 is 3.09 bits per heavy atom. The van der Waals surface area contributed by atoms with Crippen molar-refractivity contribution in [2.45, 2.75) is 13.0 Å². The zero-order valence-corrected chi connectivity index (χ0v) is 6.13. The normalized spacial score (nSPS) is 14.0. The fraction of sp³-hybridized carbons (Fsp3) is 0.333. The van der Waals surface area contributed by atoms with E-state index >= 15 is 0 Å². The molecule has 0 radical (unpaired) electrons. The number of rotatable bonds is 1. The topological polar surface area (TPSA) is 83.4 Å². The Kier molecular flexibility index (Phi) is 1.19. The maximum Gasteiger partial charge on any atom is 0.173 e. The number of nitrogens with two attached hydrogens (primary N) is 1. The summed E-state index contributed by atoms with van der Waals surface area (Å²) in [7, 11) is 0. The number of fused-ring (bicyclic) bond motifs is 1. The third-order valence-corrected chi connectivity index (χ3v) is 1.55. The zero-order chi connectivity index (χ0) is 7.84. The van der Waals surface area contributed by atoms with Crippen molar-refractivity contribution < 1.29 is 0 Å². The van der Waals surface area contributed by atoms with Crippen LogP contribution in [0.3, 0.4) is 0 Å². The van der Waals surface area contributed by atoms with Crippen LogP contribution in [0, 0.1) is 0 Å². The van der Waals surface area contributed by atoms with Gasteiger partial charge in [0.1, 0.15) is 11.3 Å². The van der Waals surface area contributed by atoms with Gasteiger partial charge in [0.15, 0.2) is 5.65 Å². The molecule has 11 heavy (non-hydrogen) atoms. The second kappa shape index (κ2) is 2.06. The number of imidazole rings is 1. The number of H-pyrrole nitrogens is 2. The van der Waals surface area contributed by atoms with Crippen LogP contribution >= 0.6 is 0 Å². The molecule has 0 aliphatic heterocycles. The smallest absolute Gasteiger partial charge is 0.173 e. The second-order valence-corrected chi connectivity index (χ2v) is 2.54. The van der Waals surface area contributed by atoms with Gasteiger partial charge in [-0.25, -0.2) is 4.98 Å². The van der Waals surface area contributed by atoms with Gasteiger partial charge in [0, 0.05) is 0 Å². The van der Waals surface area contributed by atoms with Gasteiger partial charge in [0.2, 0.25) is 0 Å². The molecule has 2 rings (SSSR count). The molecule has 0 saturated heterocycles. The highest BCUT2D eigenvalue weighted by Crippen LogP contribution is 2.10. The molecule has 2 heterocycles. The van der Waals surface area contributed by atoms with Crippen LogP contribution in [-0.4, -0.2) is 20.2 Å². The van der Waals surface area contributed by atoms with Crippen LogP contribution < -0.4 is 5.73 Å². The average molecular weight is 151 g/mol. The second-order valence-electron chi connectivity index (χ2n) is 2.54. The molecule has 0 bridgehead atoms. The molecule has 0 aliphatic rings. The maximum absolute atomic E-state index is 5.61. The minimum Gasteiger partial charge on any atom is -0.338 e. The average Bonchev–Trinajstić information content (AvgIpc) is 2.40. The van der Waals surface area contributed by atoms with Gasteiger partial charge in [-0.3, -0.25) is 5.10 Å². The quantitative estimate of drug-likeness (QED) is 0.548. The van der Waals surface area contributed by atoms with Crippen LogP contribution in [-0.2, 0) is 0 Å². The van der Waals surface area contributed by atoms with Gasteiger partial charge >= 0.3 is 0 Å². The first-order valence-corrected chi connectivity index (χ1v) is 3.42. The molecular formula is C6H9N5. The molecule has 0 spiro atoms. The number of nitrogens with one attached hydrogen (secondary N) is 2. The molecule has 0 amide bonds. The van der Waals surface area contributed by atoms with Crippen molar-refractivity contribution in [1.82, 2.24) is 20.2 Å². The van der Waals surface area contributed by atoms with E-state index in [2.05, 4.69) is 20.2 Å². The number of aromatic amines is 2. The first kappa shape index (κ1) is 6.36. The molecule has 4 N–H and O–H groups in total. The van der Waals surface area contributed by atoms with Crippen molar-refractivity contribution in [3.63, 3.8) is 0 Å². The van der Waals surface area contributed by atoms with Crippen molar-refractivity contribution in [3.05, 3.63) is 12.0 Å². The summed E-state index contributed by atoms with van der Waals surface area (Å²) in [5.41, 5.74) is 7.27. The molecule has 1 atom stereocenters. The molecule has 0 fully saturated rings. The van der Waals surface area contributed by atoms with E-state index in [1.165, 1.54) is 0 Å². The fourth-order valence-electron chi connectivity index (χ4n) is 0.958. The van der Waals surface area contributed by atoms with Gasteiger partial charge in [-0.05, 0) is 6.92 Å². The molecule has 58 valence electrons. The van der Waals surface area contributed by atoms with Gasteiger partial charge in [0.25, 0.3) is 0 Å². The Morgan fingerprint density at radius 1 is 1.64 bits per heavy atom. The summed E-state index contributed by atoms with van der Waals surface area (Å²) in [5.74, 6) is 0.786. The third-order valence-electron chi connectivity index (χ3n) is 1.55. The first-order chi connectivity index (χ1) is 5.27. The molecule has 0 aromatic carbocycles. The molecular weight excluding hydrogens is 142 g/mol. The van der Waals surface area contributed by atoms with Gasteiger partial charge in [-0.15, -0.1) is 0 Å². The van der Waals surface area contributed by atoms with Crippen LogP contribution in [0.4, 0.5) is 0 Å². The third kappa shape index (κ3) is 0.894. The SMILES string of the molecule is C[C@H](N)c1nc2[nH]ncc2[nH]1. The minimum atomic E-state index is -0.0594. The largest absolute Gasteiger partial charge is 0.338 e. The van der Waals surface area contributed by atoms with Crippen LogP contribution in [0.1, 0.15) is 18.8 Å². The highest BCUT2D eigenvalue weighted by atomic mass is 15.2. The lowest BCUT2D eigenvalue weighted by Gasteiger charge is -1.96. The lowest BCUT2D eigenvalue weighted by atomic mass is 10.3. The Balaban J connectivity index is 2.58. The standard InChI is InChI=1S/C6H9N5/c1-3(7)5-9-4-2-8-11-6(4)10-5/h2-3H,7H2,1H3,(H2,8,9,10,11)/t3-/m0/s1. The van der Waals surface area contributed by atoms with E-state index in [1.54, 1.807) is 6.20 Å². The Hall–Kier alpha value is -1.36. The predicted molar refractivity (Wildman–Crippen MR) is 40.8 cm³/mol. The summed E-state index contributed by atoms with van der Waals surface area (Å²) < 4.78 is 0. The molecule has 5 nitrogen and oxygen atoms in total. The summed E-state index contributed by atoms with van der Waals surface area (Å²) >= 11 is 0. The Labute approximate surface area is 63.0 Å². The summed E-state index contributed by atoms with van der Waals surface area (Å²) in [6.07, 6.45) is 1.69. The molecule has 2 aromatic heterocycles. The van der Waals surface area contributed by atoms with E-state index in [0.717, 1.165) is 17.0 Å². The summed E-state index contributed by atoms with van der Waals surface area (Å²) in [6, 6.07) is -0.0594. The van der Waals surface area contributed by atoms with E-state index in [0.29, 0.717) is 0 Å². The molecule has 2 aromatic rings. The summed E-state index contributed by atoms with van der Waals surface area (Å²) in [5, 5.41) is 6.55. The molecule has 0 aliphatic carbocycles. The number of nitrogens with zero attached hydrogens (tertiary/aromatic N) is 2. The van der Waals surface area contributed by atoms with Crippen LogP contribution in [0.25, 0.3) is 11.2 Å². The lowest BCUT2D eigenvalue weighted by molar-refractivity contribution is 0.757. The molecule has 0 saturated carbocycles. The van der Waals surface area contributed by atoms with Gasteiger partial charge in [0.05, 0.1) is 12.2 Å². The van der Waals surface area contributed by atoms with Crippen molar-refractivity contribution in [2.24, 2.45) is 5.73 Å². The van der Waals surface area contributed by atoms with E-state index < -0.39 is 0 Å². The van der Waals surface area contributed by atoms with Crippen LogP contribution in [0.5, 0.6) is 0 Å². The van der Waals surface area contributed by atoms with E-state index in [-0.39, 0.29) is 6.04 Å².